The molecule has 5 rings (SSSR count). The van der Waals surface area contributed by atoms with Crippen LogP contribution < -0.4 is 0 Å². The predicted molar refractivity (Wildman–Crippen MR) is 128 cm³/mol. The first-order chi connectivity index (χ1) is 16.5. The summed E-state index contributed by atoms with van der Waals surface area (Å²) in [6, 6.07) is 17.8. The number of carbonyl (C=O) groups is 1. The number of aryl methyl sites for hydroxylation is 1. The summed E-state index contributed by atoms with van der Waals surface area (Å²) in [7, 11) is 1.75. The molecule has 0 N–H and O–H groups in total. The highest BCUT2D eigenvalue weighted by Gasteiger charge is 2.35. The van der Waals surface area contributed by atoms with Crippen molar-refractivity contribution in [3.63, 3.8) is 0 Å². The van der Waals surface area contributed by atoms with Crippen LogP contribution in [0, 0.1) is 12.7 Å². The summed E-state index contributed by atoms with van der Waals surface area (Å²) in [5, 5.41) is 14.9. The van der Waals surface area contributed by atoms with E-state index in [9.17, 15) is 9.18 Å². The van der Waals surface area contributed by atoms with Gasteiger partial charge in [0, 0.05) is 13.5 Å². The quantitative estimate of drug-likeness (QED) is 0.367. The maximum absolute atomic E-state index is 14.2. The van der Waals surface area contributed by atoms with Gasteiger partial charge in [-0.3, -0.25) is 4.79 Å². The van der Waals surface area contributed by atoms with Crippen molar-refractivity contribution < 1.29 is 13.6 Å². The summed E-state index contributed by atoms with van der Waals surface area (Å²) >= 11 is 1.24. The number of aromatic nitrogens is 3. The van der Waals surface area contributed by atoms with Gasteiger partial charge in [0.1, 0.15) is 17.6 Å². The van der Waals surface area contributed by atoms with Crippen molar-refractivity contribution >= 4 is 23.4 Å². The zero-order chi connectivity index (χ0) is 23.7. The second-order valence-corrected chi connectivity index (χ2v) is 8.96. The van der Waals surface area contributed by atoms with Crippen LogP contribution in [0.25, 0.3) is 11.4 Å². The van der Waals surface area contributed by atoms with Crippen molar-refractivity contribution in [3.8, 4) is 11.4 Å². The van der Waals surface area contributed by atoms with E-state index in [0.29, 0.717) is 28.7 Å². The van der Waals surface area contributed by atoms with Crippen molar-refractivity contribution in [3.05, 3.63) is 89.6 Å². The molecule has 9 heteroatoms. The number of thioether (sulfide) groups is 1. The minimum atomic E-state index is -0.373. The molecule has 1 aliphatic rings. The van der Waals surface area contributed by atoms with E-state index in [0.717, 1.165) is 16.8 Å². The van der Waals surface area contributed by atoms with Crippen molar-refractivity contribution in [1.29, 1.82) is 0 Å². The number of rotatable bonds is 6. The molecule has 1 unspecified atom stereocenters. The van der Waals surface area contributed by atoms with Gasteiger partial charge in [-0.2, -0.15) is 5.10 Å². The highest BCUT2D eigenvalue weighted by atomic mass is 32.2. The van der Waals surface area contributed by atoms with Gasteiger partial charge in [0.2, 0.25) is 0 Å². The van der Waals surface area contributed by atoms with Gasteiger partial charge < -0.3 is 8.98 Å². The number of benzene rings is 2. The Labute approximate surface area is 200 Å². The SMILES string of the molecule is Cc1ccc(C2=NN(C(=O)CSc3nnc(-c4ccccc4F)n3C)C(c3ccco3)C2)cc1. The molecule has 1 amide bonds. The molecular formula is C25H22FN5O2S. The van der Waals surface area contributed by atoms with Crippen LogP contribution in [0.15, 0.2) is 81.6 Å². The number of hydrogen-bond acceptors (Lipinski definition) is 6. The van der Waals surface area contributed by atoms with E-state index in [-0.39, 0.29) is 23.5 Å². The lowest BCUT2D eigenvalue weighted by Gasteiger charge is -2.19. The topological polar surface area (TPSA) is 76.5 Å². The summed E-state index contributed by atoms with van der Waals surface area (Å²) in [6.07, 6.45) is 2.16. The van der Waals surface area contributed by atoms with E-state index in [1.807, 2.05) is 37.3 Å². The van der Waals surface area contributed by atoms with Crippen LogP contribution in [0.1, 0.15) is 29.3 Å². The third kappa shape index (κ3) is 4.26. The Morgan fingerprint density at radius 3 is 2.65 bits per heavy atom. The molecule has 0 saturated carbocycles. The number of amides is 1. The summed E-state index contributed by atoms with van der Waals surface area (Å²) in [5.41, 5.74) is 3.33. The molecule has 3 heterocycles. The van der Waals surface area contributed by atoms with Gasteiger partial charge in [-0.15, -0.1) is 10.2 Å². The fourth-order valence-corrected chi connectivity index (χ4v) is 4.64. The third-order valence-corrected chi connectivity index (χ3v) is 6.70. The first kappa shape index (κ1) is 22.1. The summed E-state index contributed by atoms with van der Waals surface area (Å²) in [6.45, 7) is 2.03. The van der Waals surface area contributed by atoms with Crippen LogP contribution in [-0.4, -0.2) is 37.1 Å². The lowest BCUT2D eigenvalue weighted by molar-refractivity contribution is -0.130. The second-order valence-electron chi connectivity index (χ2n) is 8.02. The molecule has 2 aromatic heterocycles. The molecule has 7 nitrogen and oxygen atoms in total. The van der Waals surface area contributed by atoms with Crippen molar-refractivity contribution in [1.82, 2.24) is 19.8 Å². The molecule has 2 aromatic carbocycles. The fourth-order valence-electron chi connectivity index (χ4n) is 3.87. The molecule has 1 aliphatic heterocycles. The molecule has 0 bridgehead atoms. The van der Waals surface area contributed by atoms with Gasteiger partial charge in [0.25, 0.3) is 5.91 Å². The van der Waals surface area contributed by atoms with Gasteiger partial charge in [0.05, 0.1) is 23.3 Å². The normalized spacial score (nSPS) is 15.6. The monoisotopic (exact) mass is 475 g/mol. The van der Waals surface area contributed by atoms with Gasteiger partial charge in [0.15, 0.2) is 11.0 Å². The Kier molecular flexibility index (Phi) is 6.02. The van der Waals surface area contributed by atoms with Crippen LogP contribution in [0.3, 0.4) is 0 Å². The minimum absolute atomic E-state index is 0.102. The van der Waals surface area contributed by atoms with E-state index in [2.05, 4.69) is 15.3 Å². The van der Waals surface area contributed by atoms with Gasteiger partial charge in [-0.1, -0.05) is 53.7 Å². The first-order valence-corrected chi connectivity index (χ1v) is 11.8. The van der Waals surface area contributed by atoms with Gasteiger partial charge in [-0.05, 0) is 36.8 Å². The Morgan fingerprint density at radius 1 is 1.12 bits per heavy atom. The van der Waals surface area contributed by atoms with Gasteiger partial charge >= 0.3 is 0 Å². The van der Waals surface area contributed by atoms with Crippen LogP contribution in [-0.2, 0) is 11.8 Å². The number of hydrazone groups is 1. The summed E-state index contributed by atoms with van der Waals surface area (Å²) in [5.74, 6) is 0.642. The highest BCUT2D eigenvalue weighted by Crippen LogP contribution is 2.34. The van der Waals surface area contributed by atoms with E-state index in [4.69, 9.17) is 4.42 Å². The molecule has 0 saturated heterocycles. The molecule has 0 aliphatic carbocycles. The van der Waals surface area contributed by atoms with Crippen molar-refractivity contribution in [2.75, 3.05) is 5.75 Å². The molecule has 4 aromatic rings. The molecule has 1 atom stereocenters. The van der Waals surface area contributed by atoms with Crippen LogP contribution >= 0.6 is 11.8 Å². The van der Waals surface area contributed by atoms with Crippen molar-refractivity contribution in [2.24, 2.45) is 12.1 Å². The molecular weight excluding hydrogens is 453 g/mol. The standard InChI is InChI=1S/C25H22FN5O2S/c1-16-9-11-17(12-10-16)20-14-21(22-8-5-13-33-22)31(29-20)23(32)15-34-25-28-27-24(30(25)2)18-6-3-4-7-19(18)26/h3-13,21H,14-15H2,1-2H3. The Bertz CT molecular complexity index is 1350. The second kappa shape index (κ2) is 9.26. The highest BCUT2D eigenvalue weighted by molar-refractivity contribution is 7.99. The predicted octanol–water partition coefficient (Wildman–Crippen LogP) is 4.99. The zero-order valence-corrected chi connectivity index (χ0v) is 19.5. The maximum Gasteiger partial charge on any atom is 0.253 e. The Morgan fingerprint density at radius 2 is 1.91 bits per heavy atom. The Hall–Kier alpha value is -3.72. The Balaban J connectivity index is 1.35. The van der Waals surface area contributed by atoms with Crippen LogP contribution in [0.2, 0.25) is 0 Å². The number of hydrogen-bond donors (Lipinski definition) is 0. The van der Waals surface area contributed by atoms with E-state index in [1.54, 1.807) is 42.1 Å². The summed E-state index contributed by atoms with van der Waals surface area (Å²) in [4.78, 5) is 13.2. The lowest BCUT2D eigenvalue weighted by Crippen LogP contribution is -2.28. The number of furan rings is 1. The van der Waals surface area contributed by atoms with Crippen molar-refractivity contribution in [2.45, 2.75) is 24.5 Å². The lowest BCUT2D eigenvalue weighted by atomic mass is 10.0. The molecule has 34 heavy (non-hydrogen) atoms. The van der Waals surface area contributed by atoms with Crippen LogP contribution in [0.5, 0.6) is 0 Å². The number of halogens is 1. The van der Waals surface area contributed by atoms with Crippen LogP contribution in [0.4, 0.5) is 4.39 Å². The third-order valence-electron chi connectivity index (χ3n) is 5.70. The fraction of sp³-hybridized carbons (Fsp3) is 0.200. The summed E-state index contributed by atoms with van der Waals surface area (Å²) < 4.78 is 21.5. The largest absolute Gasteiger partial charge is 0.467 e. The molecule has 172 valence electrons. The number of carbonyl (C=O) groups excluding carboxylic acids is 1. The van der Waals surface area contributed by atoms with Gasteiger partial charge in [-0.25, -0.2) is 9.40 Å². The zero-order valence-electron chi connectivity index (χ0n) is 18.7. The minimum Gasteiger partial charge on any atom is -0.467 e. The smallest absolute Gasteiger partial charge is 0.253 e. The molecule has 0 fully saturated rings. The average Bonchev–Trinajstić information content (AvgIpc) is 3.59. The average molecular weight is 476 g/mol. The number of nitrogens with zero attached hydrogens (tertiary/aromatic N) is 5. The first-order valence-electron chi connectivity index (χ1n) is 10.8. The van der Waals surface area contributed by atoms with E-state index >= 15 is 0 Å². The maximum atomic E-state index is 14.2. The molecule has 0 spiro atoms. The van der Waals surface area contributed by atoms with E-state index < -0.39 is 0 Å². The van der Waals surface area contributed by atoms with E-state index in [1.165, 1.54) is 22.8 Å². The molecule has 0 radical (unpaired) electrons.